The van der Waals surface area contributed by atoms with Crippen molar-refractivity contribution >= 4 is 5.91 Å². The van der Waals surface area contributed by atoms with Crippen LogP contribution in [0.25, 0.3) is 0 Å². The molecule has 3 aromatic rings. The Kier molecular flexibility index (Phi) is 6.96. The zero-order chi connectivity index (χ0) is 23.3. The first-order valence-electron chi connectivity index (χ1n) is 11.9. The van der Waals surface area contributed by atoms with E-state index in [9.17, 15) is 4.79 Å². The SMILES string of the molecule is CC(C)(CCC(C(N)=O)(c1ccccc1)c1ccccc1)N1CC(NCc2ccccc2)C1. The molecule has 1 aliphatic rings. The molecule has 4 rings (SSSR count). The fourth-order valence-electron chi connectivity index (χ4n) is 4.92. The van der Waals surface area contributed by atoms with E-state index in [1.165, 1.54) is 5.56 Å². The van der Waals surface area contributed by atoms with Crippen molar-refractivity contribution in [2.45, 2.75) is 50.2 Å². The van der Waals surface area contributed by atoms with Crippen LogP contribution < -0.4 is 11.1 Å². The Labute approximate surface area is 197 Å². The van der Waals surface area contributed by atoms with Gasteiger partial charge in [0.15, 0.2) is 0 Å². The van der Waals surface area contributed by atoms with Gasteiger partial charge in [-0.1, -0.05) is 91.0 Å². The van der Waals surface area contributed by atoms with Crippen molar-refractivity contribution in [2.24, 2.45) is 5.73 Å². The number of hydrogen-bond donors (Lipinski definition) is 2. The van der Waals surface area contributed by atoms with Gasteiger partial charge in [0.1, 0.15) is 0 Å². The summed E-state index contributed by atoms with van der Waals surface area (Å²) in [6.07, 6.45) is 1.53. The number of nitrogens with two attached hydrogens (primary N) is 1. The molecule has 4 nitrogen and oxygen atoms in total. The van der Waals surface area contributed by atoms with Crippen molar-refractivity contribution in [1.82, 2.24) is 10.2 Å². The maximum Gasteiger partial charge on any atom is 0.232 e. The second kappa shape index (κ2) is 9.90. The first kappa shape index (κ1) is 23.2. The molecule has 1 amide bonds. The molecule has 3 N–H and O–H groups in total. The average molecular weight is 442 g/mol. The number of benzene rings is 3. The first-order valence-corrected chi connectivity index (χ1v) is 11.9. The molecule has 0 saturated carbocycles. The summed E-state index contributed by atoms with van der Waals surface area (Å²) in [7, 11) is 0. The summed E-state index contributed by atoms with van der Waals surface area (Å²) in [5.74, 6) is -0.290. The summed E-state index contributed by atoms with van der Waals surface area (Å²) < 4.78 is 0. The van der Waals surface area contributed by atoms with Gasteiger partial charge in [0.05, 0.1) is 5.41 Å². The highest BCUT2D eigenvalue weighted by molar-refractivity contribution is 5.90. The van der Waals surface area contributed by atoms with Gasteiger partial charge in [-0.25, -0.2) is 0 Å². The van der Waals surface area contributed by atoms with E-state index in [0.29, 0.717) is 12.5 Å². The van der Waals surface area contributed by atoms with Crippen molar-refractivity contribution in [3.8, 4) is 0 Å². The number of rotatable bonds is 10. The second-order valence-corrected chi connectivity index (χ2v) is 9.78. The smallest absolute Gasteiger partial charge is 0.232 e. The summed E-state index contributed by atoms with van der Waals surface area (Å²) in [6.45, 7) is 7.48. The van der Waals surface area contributed by atoms with Crippen LogP contribution in [0.5, 0.6) is 0 Å². The average Bonchev–Trinajstić information content (AvgIpc) is 2.80. The number of amides is 1. The maximum atomic E-state index is 13.1. The summed E-state index contributed by atoms with van der Waals surface area (Å²) in [5.41, 5.74) is 8.51. The lowest BCUT2D eigenvalue weighted by atomic mass is 9.69. The van der Waals surface area contributed by atoms with Gasteiger partial charge < -0.3 is 11.1 Å². The molecule has 1 fully saturated rings. The predicted molar refractivity (Wildman–Crippen MR) is 135 cm³/mol. The largest absolute Gasteiger partial charge is 0.369 e. The molecule has 0 aliphatic carbocycles. The van der Waals surface area contributed by atoms with Crippen LogP contribution in [0.2, 0.25) is 0 Å². The highest BCUT2D eigenvalue weighted by atomic mass is 16.1. The predicted octanol–water partition coefficient (Wildman–Crippen LogP) is 4.49. The lowest BCUT2D eigenvalue weighted by Crippen LogP contribution is -2.64. The molecule has 3 aromatic carbocycles. The molecule has 172 valence electrons. The van der Waals surface area contributed by atoms with Gasteiger partial charge in [0, 0.05) is 31.2 Å². The number of carbonyl (C=O) groups is 1. The third-order valence-corrected chi connectivity index (χ3v) is 7.24. The molecule has 0 spiro atoms. The number of likely N-dealkylation sites (tertiary alicyclic amines) is 1. The van der Waals surface area contributed by atoms with Crippen molar-refractivity contribution in [2.75, 3.05) is 13.1 Å². The number of carbonyl (C=O) groups excluding carboxylic acids is 1. The minimum atomic E-state index is -0.838. The van der Waals surface area contributed by atoms with Crippen LogP contribution in [0.15, 0.2) is 91.0 Å². The quantitative estimate of drug-likeness (QED) is 0.487. The number of hydrogen-bond acceptors (Lipinski definition) is 3. The monoisotopic (exact) mass is 441 g/mol. The van der Waals surface area contributed by atoms with Crippen molar-refractivity contribution in [3.05, 3.63) is 108 Å². The molecule has 1 saturated heterocycles. The highest BCUT2D eigenvalue weighted by Gasteiger charge is 2.44. The summed E-state index contributed by atoms with van der Waals surface area (Å²) in [5, 5.41) is 3.66. The molecule has 0 aromatic heterocycles. The van der Waals surface area contributed by atoms with Gasteiger partial charge in [0.2, 0.25) is 5.91 Å². The van der Waals surface area contributed by atoms with Gasteiger partial charge in [-0.2, -0.15) is 0 Å². The van der Waals surface area contributed by atoms with E-state index < -0.39 is 5.41 Å². The normalized spacial score (nSPS) is 15.2. The minimum absolute atomic E-state index is 0.0326. The van der Waals surface area contributed by atoms with Crippen LogP contribution in [-0.2, 0) is 16.8 Å². The van der Waals surface area contributed by atoms with Gasteiger partial charge in [-0.3, -0.25) is 9.69 Å². The van der Waals surface area contributed by atoms with Crippen LogP contribution in [0, 0.1) is 0 Å². The summed E-state index contributed by atoms with van der Waals surface area (Å²) in [4.78, 5) is 15.6. The van der Waals surface area contributed by atoms with Crippen LogP contribution >= 0.6 is 0 Å². The summed E-state index contributed by atoms with van der Waals surface area (Å²) >= 11 is 0. The van der Waals surface area contributed by atoms with E-state index in [2.05, 4.69) is 48.3 Å². The Morgan fingerprint density at radius 3 is 1.82 bits per heavy atom. The molecule has 0 radical (unpaired) electrons. The Bertz CT molecular complexity index is 989. The Balaban J connectivity index is 1.45. The van der Waals surface area contributed by atoms with E-state index in [4.69, 9.17) is 5.73 Å². The lowest BCUT2D eigenvalue weighted by molar-refractivity contribution is -0.122. The number of primary amides is 1. The molecule has 4 heteroatoms. The third kappa shape index (κ3) is 5.02. The second-order valence-electron chi connectivity index (χ2n) is 9.78. The van der Waals surface area contributed by atoms with Gasteiger partial charge in [-0.15, -0.1) is 0 Å². The molecule has 0 unspecified atom stereocenters. The van der Waals surface area contributed by atoms with Crippen molar-refractivity contribution < 1.29 is 4.79 Å². The highest BCUT2D eigenvalue weighted by Crippen LogP contribution is 2.40. The standard InChI is InChI=1S/C29H35N3O/c1-28(2,32-21-26(22-32)31-20-23-12-6-3-7-13-23)18-19-29(27(30)33,24-14-8-4-9-15-24)25-16-10-5-11-17-25/h3-17,26,31H,18-22H2,1-2H3,(H2,30,33). The topological polar surface area (TPSA) is 58.4 Å². The van der Waals surface area contributed by atoms with Gasteiger partial charge in [-0.05, 0) is 43.4 Å². The van der Waals surface area contributed by atoms with E-state index in [1.54, 1.807) is 0 Å². The molecule has 33 heavy (non-hydrogen) atoms. The third-order valence-electron chi connectivity index (χ3n) is 7.24. The van der Waals surface area contributed by atoms with Crippen molar-refractivity contribution in [3.63, 3.8) is 0 Å². The van der Waals surface area contributed by atoms with E-state index in [0.717, 1.165) is 37.2 Å². The fraction of sp³-hybridized carbons (Fsp3) is 0.345. The molecule has 0 atom stereocenters. The Morgan fingerprint density at radius 1 is 0.848 bits per heavy atom. The molecule has 1 aliphatic heterocycles. The zero-order valence-electron chi connectivity index (χ0n) is 19.7. The lowest BCUT2D eigenvalue weighted by Gasteiger charge is -2.50. The summed E-state index contributed by atoms with van der Waals surface area (Å²) in [6, 6.07) is 31.0. The van der Waals surface area contributed by atoms with Crippen LogP contribution in [0.3, 0.4) is 0 Å². The Morgan fingerprint density at radius 2 is 1.33 bits per heavy atom. The van der Waals surface area contributed by atoms with Gasteiger partial charge >= 0.3 is 0 Å². The first-order chi connectivity index (χ1) is 15.9. The zero-order valence-corrected chi connectivity index (χ0v) is 19.7. The van der Waals surface area contributed by atoms with E-state index in [-0.39, 0.29) is 11.4 Å². The van der Waals surface area contributed by atoms with Gasteiger partial charge in [0.25, 0.3) is 0 Å². The maximum absolute atomic E-state index is 13.1. The number of nitrogens with zero attached hydrogens (tertiary/aromatic N) is 1. The van der Waals surface area contributed by atoms with Crippen LogP contribution in [0.4, 0.5) is 0 Å². The molecular formula is C29H35N3O. The van der Waals surface area contributed by atoms with E-state index >= 15 is 0 Å². The number of nitrogens with one attached hydrogen (secondary N) is 1. The minimum Gasteiger partial charge on any atom is -0.369 e. The molecule has 1 heterocycles. The molecular weight excluding hydrogens is 406 g/mol. The van der Waals surface area contributed by atoms with Crippen LogP contribution in [0.1, 0.15) is 43.4 Å². The fourth-order valence-corrected chi connectivity index (χ4v) is 4.92. The van der Waals surface area contributed by atoms with Crippen molar-refractivity contribution in [1.29, 1.82) is 0 Å². The van der Waals surface area contributed by atoms with E-state index in [1.807, 2.05) is 66.7 Å². The van der Waals surface area contributed by atoms with Crippen LogP contribution in [-0.4, -0.2) is 35.5 Å². The Hall–Kier alpha value is -2.95. The molecule has 0 bridgehead atoms.